The van der Waals surface area contributed by atoms with Crippen molar-refractivity contribution < 1.29 is 14.6 Å². The Bertz CT molecular complexity index is 771. The van der Waals surface area contributed by atoms with Gasteiger partial charge in [-0.1, -0.05) is 6.07 Å². The molecule has 1 spiro atoms. The Morgan fingerprint density at radius 2 is 2.12 bits per heavy atom. The van der Waals surface area contributed by atoms with Crippen LogP contribution in [0.15, 0.2) is 12.1 Å². The molecule has 4 aliphatic carbocycles. The Morgan fingerprint density at radius 3 is 2.96 bits per heavy atom. The van der Waals surface area contributed by atoms with E-state index in [2.05, 4.69) is 11.4 Å². The number of hydrogen-bond donors (Lipinski definition) is 2. The van der Waals surface area contributed by atoms with Crippen LogP contribution in [0.2, 0.25) is 0 Å². The van der Waals surface area contributed by atoms with E-state index < -0.39 is 0 Å². The predicted octanol–water partition coefficient (Wildman–Crippen LogP) is 2.70. The summed E-state index contributed by atoms with van der Waals surface area (Å²) in [6.45, 7) is 1.16. The minimum absolute atomic E-state index is 0.167. The van der Waals surface area contributed by atoms with Gasteiger partial charge in [0, 0.05) is 23.4 Å². The SMILES string of the molecule is O=C1CC[C@H]2[C@H]3Cc4ccc(O)c5c4[C@@]2(CCC3NCC2CC2)[C@H]1O5. The molecule has 2 bridgehead atoms. The fourth-order valence-electron chi connectivity index (χ4n) is 6.54. The zero-order valence-electron chi connectivity index (χ0n) is 14.5. The van der Waals surface area contributed by atoms with Crippen LogP contribution in [-0.2, 0) is 16.6 Å². The lowest BCUT2D eigenvalue weighted by Crippen LogP contribution is -2.63. The molecule has 4 heteroatoms. The summed E-state index contributed by atoms with van der Waals surface area (Å²) in [4.78, 5) is 12.7. The third-order valence-corrected chi connectivity index (χ3v) is 7.77. The second-order valence-electron chi connectivity index (χ2n) is 8.96. The van der Waals surface area contributed by atoms with Gasteiger partial charge >= 0.3 is 0 Å². The lowest BCUT2D eigenvalue weighted by atomic mass is 9.47. The number of benzene rings is 1. The van der Waals surface area contributed by atoms with Crippen LogP contribution >= 0.6 is 0 Å². The summed E-state index contributed by atoms with van der Waals surface area (Å²) in [7, 11) is 0. The lowest BCUT2D eigenvalue weighted by Gasteiger charge is -2.56. The molecule has 2 N–H and O–H groups in total. The van der Waals surface area contributed by atoms with Gasteiger partial charge in [-0.15, -0.1) is 0 Å². The molecule has 6 rings (SSSR count). The fraction of sp³-hybridized carbons (Fsp3) is 0.667. The number of Topliss-reactive ketones (excluding diaryl/α,β-unsaturated/α-hetero) is 1. The number of ketones is 1. The van der Waals surface area contributed by atoms with Gasteiger partial charge in [-0.2, -0.15) is 0 Å². The van der Waals surface area contributed by atoms with Gasteiger partial charge in [-0.3, -0.25) is 4.79 Å². The van der Waals surface area contributed by atoms with Crippen molar-refractivity contribution in [3.05, 3.63) is 23.3 Å². The summed E-state index contributed by atoms with van der Waals surface area (Å²) in [5, 5.41) is 14.2. The monoisotopic (exact) mass is 339 g/mol. The number of carbonyl (C=O) groups is 1. The molecule has 3 fully saturated rings. The Kier molecular flexibility index (Phi) is 2.80. The van der Waals surface area contributed by atoms with Gasteiger partial charge in [-0.05, 0) is 74.5 Å². The quantitative estimate of drug-likeness (QED) is 0.889. The third-order valence-electron chi connectivity index (χ3n) is 7.77. The zero-order valence-corrected chi connectivity index (χ0v) is 14.5. The van der Waals surface area contributed by atoms with Crippen molar-refractivity contribution in [3.8, 4) is 11.5 Å². The van der Waals surface area contributed by atoms with Crippen molar-refractivity contribution in [2.75, 3.05) is 6.54 Å². The Morgan fingerprint density at radius 1 is 1.24 bits per heavy atom. The highest BCUT2D eigenvalue weighted by atomic mass is 16.5. The molecule has 0 saturated heterocycles. The molecule has 25 heavy (non-hydrogen) atoms. The second kappa shape index (κ2) is 4.79. The normalized spacial score (nSPS) is 40.6. The first-order chi connectivity index (χ1) is 12.2. The minimum atomic E-state index is -0.361. The molecule has 1 aromatic carbocycles. The predicted molar refractivity (Wildman–Crippen MR) is 92.9 cm³/mol. The number of ether oxygens (including phenoxy) is 1. The highest BCUT2D eigenvalue weighted by molar-refractivity contribution is 5.89. The van der Waals surface area contributed by atoms with E-state index in [1.165, 1.54) is 24.0 Å². The fourth-order valence-corrected chi connectivity index (χ4v) is 6.54. The van der Waals surface area contributed by atoms with Crippen LogP contribution in [-0.4, -0.2) is 29.6 Å². The van der Waals surface area contributed by atoms with E-state index in [-0.39, 0.29) is 23.1 Å². The number of aromatic hydroxyl groups is 1. The van der Waals surface area contributed by atoms with Gasteiger partial charge in [0.25, 0.3) is 0 Å². The van der Waals surface area contributed by atoms with Gasteiger partial charge in [0.05, 0.1) is 0 Å². The van der Waals surface area contributed by atoms with E-state index in [0.717, 1.165) is 38.1 Å². The van der Waals surface area contributed by atoms with Gasteiger partial charge in [0.2, 0.25) is 0 Å². The largest absolute Gasteiger partial charge is 0.504 e. The first-order valence-corrected chi connectivity index (χ1v) is 9.96. The summed E-state index contributed by atoms with van der Waals surface area (Å²) in [6.07, 6.45) is 7.21. The van der Waals surface area contributed by atoms with Crippen LogP contribution in [0.4, 0.5) is 0 Å². The average molecular weight is 339 g/mol. The van der Waals surface area contributed by atoms with Crippen LogP contribution in [0.3, 0.4) is 0 Å². The lowest BCUT2D eigenvalue weighted by molar-refractivity contribution is -0.137. The van der Waals surface area contributed by atoms with Gasteiger partial charge in [0.1, 0.15) is 0 Å². The van der Waals surface area contributed by atoms with Crippen molar-refractivity contribution in [3.63, 3.8) is 0 Å². The van der Waals surface area contributed by atoms with Gasteiger partial charge < -0.3 is 15.2 Å². The Hall–Kier alpha value is -1.55. The van der Waals surface area contributed by atoms with Crippen molar-refractivity contribution in [1.29, 1.82) is 0 Å². The third kappa shape index (κ3) is 1.79. The molecule has 0 radical (unpaired) electrons. The summed E-state index contributed by atoms with van der Waals surface area (Å²) < 4.78 is 6.15. The van der Waals surface area contributed by atoms with Gasteiger partial charge in [0.15, 0.2) is 23.4 Å². The summed E-state index contributed by atoms with van der Waals surface area (Å²) in [5.41, 5.74) is 2.33. The molecule has 1 unspecified atom stereocenters. The maximum Gasteiger partial charge on any atom is 0.174 e. The molecule has 1 heterocycles. The topological polar surface area (TPSA) is 58.6 Å². The average Bonchev–Trinajstić information content (AvgIpc) is 3.36. The summed E-state index contributed by atoms with van der Waals surface area (Å²) in [5.74, 6) is 3.06. The molecule has 5 atom stereocenters. The van der Waals surface area contributed by atoms with Gasteiger partial charge in [-0.25, -0.2) is 0 Å². The maximum atomic E-state index is 12.7. The van der Waals surface area contributed by atoms with E-state index in [1.54, 1.807) is 6.07 Å². The van der Waals surface area contributed by atoms with Crippen LogP contribution in [0.25, 0.3) is 0 Å². The van der Waals surface area contributed by atoms with Crippen molar-refractivity contribution in [2.24, 2.45) is 17.8 Å². The van der Waals surface area contributed by atoms with Crippen LogP contribution in [0.5, 0.6) is 11.5 Å². The molecule has 4 nitrogen and oxygen atoms in total. The first kappa shape index (κ1) is 14.6. The van der Waals surface area contributed by atoms with E-state index in [1.807, 2.05) is 0 Å². The van der Waals surface area contributed by atoms with Crippen LogP contribution in [0.1, 0.15) is 49.7 Å². The van der Waals surface area contributed by atoms with Crippen molar-refractivity contribution in [1.82, 2.24) is 5.32 Å². The van der Waals surface area contributed by atoms with Crippen LogP contribution < -0.4 is 10.1 Å². The zero-order chi connectivity index (χ0) is 16.8. The smallest absolute Gasteiger partial charge is 0.174 e. The van der Waals surface area contributed by atoms with Crippen LogP contribution in [0, 0.1) is 17.8 Å². The number of hydrogen-bond acceptors (Lipinski definition) is 4. The van der Waals surface area contributed by atoms with Crippen molar-refractivity contribution in [2.45, 2.75) is 62.5 Å². The molecule has 1 aromatic rings. The molecule has 132 valence electrons. The minimum Gasteiger partial charge on any atom is -0.504 e. The molecule has 0 amide bonds. The summed E-state index contributed by atoms with van der Waals surface area (Å²) >= 11 is 0. The Balaban J connectivity index is 1.46. The number of rotatable bonds is 3. The molecule has 3 saturated carbocycles. The number of carbonyl (C=O) groups excluding carboxylic acids is 1. The molecule has 1 aliphatic heterocycles. The highest BCUT2D eigenvalue weighted by Gasteiger charge is 2.65. The second-order valence-corrected chi connectivity index (χ2v) is 8.96. The number of phenols is 1. The van der Waals surface area contributed by atoms with E-state index in [9.17, 15) is 9.90 Å². The van der Waals surface area contributed by atoms with E-state index in [0.29, 0.717) is 30.0 Å². The highest BCUT2D eigenvalue weighted by Crippen LogP contribution is 2.65. The standard InChI is InChI=1S/C21H25NO3/c23-16-5-3-12-9-13-14-4-6-17(24)20-21(14,18(12)19(16)25-20)8-7-15(13)22-10-11-1-2-11/h3,5,11,13-15,20,22-23H,1-2,4,6-10H2/t13-,14+,15?,20+,21+/m1/s1. The first-order valence-electron chi connectivity index (χ1n) is 9.96. The molecular weight excluding hydrogens is 314 g/mol. The number of nitrogens with one attached hydrogen (secondary N) is 1. The van der Waals surface area contributed by atoms with Crippen molar-refractivity contribution >= 4 is 5.78 Å². The van der Waals surface area contributed by atoms with E-state index >= 15 is 0 Å². The molecule has 0 aromatic heterocycles. The Labute approximate surface area is 147 Å². The number of phenolic OH excluding ortho intramolecular Hbond substituents is 1. The summed E-state index contributed by atoms with van der Waals surface area (Å²) in [6, 6.07) is 4.40. The molecular formula is C21H25NO3. The maximum absolute atomic E-state index is 12.7. The molecule has 5 aliphatic rings. The van der Waals surface area contributed by atoms with E-state index in [4.69, 9.17) is 4.74 Å².